The number of hydrogen-bond acceptors (Lipinski definition) is 3. The largest absolute Gasteiger partial charge is 0.416 e. The van der Waals surface area contributed by atoms with Gasteiger partial charge in [-0.1, -0.05) is 18.2 Å². The Kier molecular flexibility index (Phi) is 7.62. The number of nitrogens with zero attached hydrogens (tertiary/aromatic N) is 2. The first-order chi connectivity index (χ1) is 15.9. The molecule has 5 nitrogen and oxygen atoms in total. The number of carbonyl (C=O) groups is 1. The molecule has 1 aliphatic heterocycles. The number of alkyl halides is 3. The van der Waals surface area contributed by atoms with Crippen LogP contribution in [0.5, 0.6) is 0 Å². The Bertz CT molecular complexity index is 1190. The van der Waals surface area contributed by atoms with E-state index in [1.807, 2.05) is 33.0 Å². The molecule has 3 aromatic rings. The van der Waals surface area contributed by atoms with E-state index >= 15 is 0 Å². The van der Waals surface area contributed by atoms with Crippen LogP contribution >= 0.6 is 12.4 Å². The quantitative estimate of drug-likeness (QED) is 0.420. The fourth-order valence-electron chi connectivity index (χ4n) is 4.21. The number of aromatic nitrogens is 2. The van der Waals surface area contributed by atoms with Crippen molar-refractivity contribution in [2.75, 3.05) is 5.32 Å². The third kappa shape index (κ3) is 6.02. The van der Waals surface area contributed by atoms with Gasteiger partial charge in [-0.2, -0.15) is 18.3 Å². The van der Waals surface area contributed by atoms with Gasteiger partial charge in [-0.3, -0.25) is 14.8 Å². The minimum absolute atomic E-state index is 0. The first-order valence-corrected chi connectivity index (χ1v) is 11.0. The summed E-state index contributed by atoms with van der Waals surface area (Å²) in [6.45, 7) is 5.99. The zero-order valence-electron chi connectivity index (χ0n) is 19.4. The van der Waals surface area contributed by atoms with Gasteiger partial charge < -0.3 is 5.32 Å². The molecule has 2 N–H and O–H groups in total. The first-order valence-electron chi connectivity index (χ1n) is 11.0. The van der Waals surface area contributed by atoms with Crippen molar-refractivity contribution in [1.82, 2.24) is 15.1 Å². The van der Waals surface area contributed by atoms with Crippen LogP contribution in [0, 0.1) is 5.82 Å². The molecule has 1 fully saturated rings. The van der Waals surface area contributed by atoms with Crippen LogP contribution in [-0.4, -0.2) is 21.7 Å². The maximum absolute atomic E-state index is 13.5. The van der Waals surface area contributed by atoms with Crippen LogP contribution in [0.1, 0.15) is 56.0 Å². The molecule has 1 unspecified atom stereocenters. The van der Waals surface area contributed by atoms with E-state index in [1.165, 1.54) is 24.3 Å². The van der Waals surface area contributed by atoms with Crippen LogP contribution in [0.25, 0.3) is 0 Å². The van der Waals surface area contributed by atoms with Crippen molar-refractivity contribution in [3.63, 3.8) is 0 Å². The molecule has 1 saturated heterocycles. The Hall–Kier alpha value is -2.91. The summed E-state index contributed by atoms with van der Waals surface area (Å²) in [7, 11) is 0. The third-order valence-corrected chi connectivity index (χ3v) is 5.93. The van der Waals surface area contributed by atoms with E-state index in [0.29, 0.717) is 23.4 Å². The number of rotatable bonds is 4. The molecule has 188 valence electrons. The summed E-state index contributed by atoms with van der Waals surface area (Å²) in [5.41, 5.74) is 0.392. The predicted molar refractivity (Wildman–Crippen MR) is 128 cm³/mol. The number of nitrogens with one attached hydrogen (secondary N) is 2. The molecule has 1 aromatic heterocycles. The number of amides is 1. The van der Waals surface area contributed by atoms with Crippen molar-refractivity contribution in [3.05, 3.63) is 83.4 Å². The second kappa shape index (κ2) is 9.99. The lowest BCUT2D eigenvalue weighted by Crippen LogP contribution is -2.36. The summed E-state index contributed by atoms with van der Waals surface area (Å²) in [4.78, 5) is 13.0. The highest BCUT2D eigenvalue weighted by Crippen LogP contribution is 2.41. The minimum atomic E-state index is -4.48. The van der Waals surface area contributed by atoms with Gasteiger partial charge in [-0.25, -0.2) is 4.39 Å². The molecule has 1 aliphatic rings. The summed E-state index contributed by atoms with van der Waals surface area (Å²) in [6.07, 6.45) is -2.33. The van der Waals surface area contributed by atoms with Crippen LogP contribution in [0.3, 0.4) is 0 Å². The van der Waals surface area contributed by atoms with E-state index in [1.54, 1.807) is 16.8 Å². The van der Waals surface area contributed by atoms with Crippen molar-refractivity contribution in [1.29, 1.82) is 0 Å². The average molecular weight is 511 g/mol. The van der Waals surface area contributed by atoms with Crippen molar-refractivity contribution in [2.45, 2.75) is 56.9 Å². The lowest BCUT2D eigenvalue weighted by molar-refractivity contribution is -0.137. The summed E-state index contributed by atoms with van der Waals surface area (Å²) in [6, 6.07) is 11.2. The smallest absolute Gasteiger partial charge is 0.325 e. The molecule has 0 spiro atoms. The number of hydrogen-bond donors (Lipinski definition) is 2. The van der Waals surface area contributed by atoms with Gasteiger partial charge in [0.05, 0.1) is 22.8 Å². The van der Waals surface area contributed by atoms with Crippen molar-refractivity contribution < 1.29 is 22.4 Å². The SMILES string of the molecule is CC(C)(C)n1ccc(C2C[C@@H](C(=O)Nc3cccc(F)c3)N[C@H]2c2cccc(C(F)(F)F)c2)n1.Cl. The monoisotopic (exact) mass is 510 g/mol. The van der Waals surface area contributed by atoms with Gasteiger partial charge in [0.25, 0.3) is 0 Å². The van der Waals surface area contributed by atoms with Gasteiger partial charge in [0, 0.05) is 23.8 Å². The molecule has 2 heterocycles. The summed E-state index contributed by atoms with van der Waals surface area (Å²) in [5.74, 6) is -1.21. The topological polar surface area (TPSA) is 59.0 Å². The van der Waals surface area contributed by atoms with E-state index < -0.39 is 29.6 Å². The molecular weight excluding hydrogens is 484 g/mol. The number of anilines is 1. The van der Waals surface area contributed by atoms with Crippen LogP contribution in [0.4, 0.5) is 23.2 Å². The predicted octanol–water partition coefficient (Wildman–Crippen LogP) is 6.04. The Balaban J connectivity index is 0.00000342. The fraction of sp³-hybridized carbons (Fsp3) is 0.360. The van der Waals surface area contributed by atoms with E-state index in [9.17, 15) is 22.4 Å². The fourth-order valence-corrected chi connectivity index (χ4v) is 4.21. The molecule has 10 heteroatoms. The molecular formula is C25H27ClF4N4O. The first kappa shape index (κ1) is 26.7. The number of benzene rings is 2. The Morgan fingerprint density at radius 1 is 1.09 bits per heavy atom. The van der Waals surface area contributed by atoms with E-state index in [2.05, 4.69) is 15.7 Å². The lowest BCUT2D eigenvalue weighted by Gasteiger charge is -2.21. The molecule has 1 amide bonds. The molecule has 35 heavy (non-hydrogen) atoms. The van der Waals surface area contributed by atoms with Gasteiger partial charge in [-0.05, 0) is 69.2 Å². The Morgan fingerprint density at radius 2 is 1.80 bits per heavy atom. The van der Waals surface area contributed by atoms with Gasteiger partial charge in [0.15, 0.2) is 0 Å². The van der Waals surface area contributed by atoms with Gasteiger partial charge >= 0.3 is 6.18 Å². The number of carbonyl (C=O) groups excluding carboxylic acids is 1. The zero-order valence-corrected chi connectivity index (χ0v) is 20.3. The van der Waals surface area contributed by atoms with Gasteiger partial charge in [0.2, 0.25) is 5.91 Å². The zero-order chi connectivity index (χ0) is 24.7. The lowest BCUT2D eigenvalue weighted by atomic mass is 9.90. The van der Waals surface area contributed by atoms with Crippen molar-refractivity contribution >= 4 is 24.0 Å². The van der Waals surface area contributed by atoms with E-state index in [0.717, 1.165) is 12.1 Å². The molecule has 0 bridgehead atoms. The maximum atomic E-state index is 13.5. The van der Waals surface area contributed by atoms with Crippen LogP contribution in [0.15, 0.2) is 60.8 Å². The second-order valence-electron chi connectivity index (χ2n) is 9.52. The molecule has 2 aromatic carbocycles. The van der Waals surface area contributed by atoms with Crippen molar-refractivity contribution in [3.8, 4) is 0 Å². The molecule has 3 atom stereocenters. The third-order valence-electron chi connectivity index (χ3n) is 5.93. The minimum Gasteiger partial charge on any atom is -0.325 e. The molecule has 0 saturated carbocycles. The normalized spacial score (nSPS) is 20.4. The van der Waals surface area contributed by atoms with Crippen molar-refractivity contribution in [2.24, 2.45) is 0 Å². The molecule has 0 radical (unpaired) electrons. The highest BCUT2D eigenvalue weighted by atomic mass is 35.5. The van der Waals surface area contributed by atoms with Crippen LogP contribution in [-0.2, 0) is 16.5 Å². The molecule has 0 aliphatic carbocycles. The van der Waals surface area contributed by atoms with Crippen LogP contribution in [0.2, 0.25) is 0 Å². The van der Waals surface area contributed by atoms with Crippen LogP contribution < -0.4 is 10.6 Å². The standard InChI is InChI=1S/C25H26F4N4O.ClH/c1-24(2,3)33-11-10-20(32-33)19-14-21(23(34)30-18-9-5-8-17(26)13-18)31-22(19)15-6-4-7-16(12-15)25(27,28)29;/h4-13,19,21-22,31H,14H2,1-3H3,(H,30,34);1H/t19?,21-,22-;/m0./s1. The van der Waals surface area contributed by atoms with Gasteiger partial charge in [-0.15, -0.1) is 12.4 Å². The summed E-state index contributed by atoms with van der Waals surface area (Å²) >= 11 is 0. The summed E-state index contributed by atoms with van der Waals surface area (Å²) < 4.78 is 55.4. The second-order valence-corrected chi connectivity index (χ2v) is 9.52. The number of halogens is 5. The average Bonchev–Trinajstić information content (AvgIpc) is 3.41. The van der Waals surface area contributed by atoms with Gasteiger partial charge in [0.1, 0.15) is 5.82 Å². The Morgan fingerprint density at radius 3 is 2.43 bits per heavy atom. The highest BCUT2D eigenvalue weighted by Gasteiger charge is 2.41. The van der Waals surface area contributed by atoms with E-state index in [-0.39, 0.29) is 29.8 Å². The van der Waals surface area contributed by atoms with E-state index in [4.69, 9.17) is 0 Å². The Labute approximate surface area is 207 Å². The summed E-state index contributed by atoms with van der Waals surface area (Å²) in [5, 5.41) is 10.6. The molecule has 4 rings (SSSR count). The highest BCUT2D eigenvalue weighted by molar-refractivity contribution is 5.95. The maximum Gasteiger partial charge on any atom is 0.416 e.